The highest BCUT2D eigenvalue weighted by molar-refractivity contribution is 14.0. The van der Waals surface area contributed by atoms with E-state index in [1.54, 1.807) is 63.7 Å². The number of ether oxygens (including phenoxy) is 2. The van der Waals surface area contributed by atoms with Gasteiger partial charge in [-0.1, -0.05) is 18.2 Å². The first-order valence-corrected chi connectivity index (χ1v) is 9.63. The number of hydrogen-bond donors (Lipinski definition) is 2. The Labute approximate surface area is 177 Å². The Morgan fingerprint density at radius 1 is 1.04 bits per heavy atom. The monoisotopic (exact) mass is 505 g/mol. The fourth-order valence-electron chi connectivity index (χ4n) is 2.28. The van der Waals surface area contributed by atoms with Crippen molar-refractivity contribution in [2.45, 2.75) is 4.90 Å². The van der Waals surface area contributed by atoms with E-state index in [0.717, 1.165) is 5.69 Å². The Bertz CT molecular complexity index is 858. The number of aliphatic imine (C=N–C) groups is 1. The van der Waals surface area contributed by atoms with E-state index >= 15 is 0 Å². The van der Waals surface area contributed by atoms with Crippen LogP contribution in [0, 0.1) is 0 Å². The Hall–Kier alpha value is -2.01. The summed E-state index contributed by atoms with van der Waals surface area (Å²) in [5.74, 6) is 1.62. The van der Waals surface area contributed by atoms with Crippen molar-refractivity contribution in [3.63, 3.8) is 0 Å². The van der Waals surface area contributed by atoms with Crippen LogP contribution in [0.5, 0.6) is 11.5 Å². The number of guanidine groups is 1. The van der Waals surface area contributed by atoms with Gasteiger partial charge in [0, 0.05) is 25.3 Å². The molecule has 0 fully saturated rings. The van der Waals surface area contributed by atoms with Crippen molar-refractivity contribution in [2.24, 2.45) is 4.99 Å². The summed E-state index contributed by atoms with van der Waals surface area (Å²) in [5, 5.41) is 6.09. The fourth-order valence-corrected chi connectivity index (χ4v) is 3.46. The van der Waals surface area contributed by atoms with Crippen LogP contribution in [-0.4, -0.2) is 47.9 Å². The van der Waals surface area contributed by atoms with Gasteiger partial charge in [0.2, 0.25) is 0 Å². The van der Waals surface area contributed by atoms with Crippen LogP contribution < -0.4 is 20.1 Å². The Balaban J connectivity index is 0.00000364. The number of benzene rings is 2. The molecule has 0 aliphatic rings. The van der Waals surface area contributed by atoms with Crippen LogP contribution in [0.2, 0.25) is 0 Å². The first kappa shape index (κ1) is 23.0. The molecule has 0 atom stereocenters. The lowest BCUT2D eigenvalue weighted by atomic mass is 10.3. The molecule has 0 saturated carbocycles. The zero-order valence-electron chi connectivity index (χ0n) is 15.4. The van der Waals surface area contributed by atoms with E-state index in [4.69, 9.17) is 9.47 Å². The van der Waals surface area contributed by atoms with E-state index in [-0.39, 0.29) is 36.3 Å². The topological polar surface area (TPSA) is 89.0 Å². The maximum Gasteiger partial charge on any atom is 0.195 e. The first-order chi connectivity index (χ1) is 12.5. The zero-order valence-corrected chi connectivity index (χ0v) is 18.6. The van der Waals surface area contributed by atoms with Crippen LogP contribution in [0.15, 0.2) is 58.4 Å². The summed E-state index contributed by atoms with van der Waals surface area (Å²) in [6.45, 7) is 0.226. The van der Waals surface area contributed by atoms with Crippen molar-refractivity contribution in [3.05, 3.63) is 48.5 Å². The Morgan fingerprint density at radius 2 is 1.70 bits per heavy atom. The molecule has 0 aliphatic heterocycles. The van der Waals surface area contributed by atoms with E-state index < -0.39 is 9.84 Å². The van der Waals surface area contributed by atoms with E-state index in [2.05, 4.69) is 15.6 Å². The lowest BCUT2D eigenvalue weighted by Gasteiger charge is -2.14. The van der Waals surface area contributed by atoms with Gasteiger partial charge in [0.1, 0.15) is 0 Å². The molecule has 27 heavy (non-hydrogen) atoms. The average molecular weight is 505 g/mol. The molecule has 0 spiro atoms. The summed E-state index contributed by atoms with van der Waals surface area (Å²) in [6.07, 6.45) is 0. The molecule has 0 aromatic heterocycles. The average Bonchev–Trinajstić information content (AvgIpc) is 2.67. The maximum absolute atomic E-state index is 12.3. The van der Waals surface area contributed by atoms with Crippen molar-refractivity contribution >= 4 is 45.5 Å². The van der Waals surface area contributed by atoms with Crippen LogP contribution in [0.1, 0.15) is 0 Å². The van der Waals surface area contributed by atoms with Crippen LogP contribution >= 0.6 is 24.0 Å². The highest BCUT2D eigenvalue weighted by atomic mass is 127. The van der Waals surface area contributed by atoms with E-state index in [0.29, 0.717) is 22.4 Å². The van der Waals surface area contributed by atoms with Crippen LogP contribution in [0.4, 0.5) is 5.69 Å². The van der Waals surface area contributed by atoms with Crippen LogP contribution in [0.25, 0.3) is 0 Å². The Kier molecular flexibility index (Phi) is 9.36. The van der Waals surface area contributed by atoms with Crippen molar-refractivity contribution in [1.29, 1.82) is 0 Å². The minimum absolute atomic E-state index is 0. The van der Waals surface area contributed by atoms with Gasteiger partial charge in [0.05, 0.1) is 24.9 Å². The second-order valence-corrected chi connectivity index (χ2v) is 7.43. The molecule has 0 saturated heterocycles. The minimum atomic E-state index is -3.34. The molecule has 0 unspecified atom stereocenters. The number of nitrogens with one attached hydrogen (secondary N) is 2. The molecule has 0 bridgehead atoms. The maximum atomic E-state index is 12.3. The van der Waals surface area contributed by atoms with Gasteiger partial charge in [0.15, 0.2) is 27.3 Å². The summed E-state index contributed by atoms with van der Waals surface area (Å²) in [4.78, 5) is 4.41. The van der Waals surface area contributed by atoms with Gasteiger partial charge >= 0.3 is 0 Å². The molecular weight excluding hydrogens is 481 g/mol. The normalized spacial score (nSPS) is 11.3. The van der Waals surface area contributed by atoms with Gasteiger partial charge in [-0.25, -0.2) is 8.42 Å². The molecule has 2 aromatic carbocycles. The number of halogens is 1. The minimum Gasteiger partial charge on any atom is -0.493 e. The molecule has 9 heteroatoms. The first-order valence-electron chi connectivity index (χ1n) is 7.97. The number of sulfone groups is 1. The third kappa shape index (κ3) is 6.58. The van der Waals surface area contributed by atoms with Crippen LogP contribution in [0.3, 0.4) is 0 Å². The third-order valence-electron chi connectivity index (χ3n) is 3.64. The smallest absolute Gasteiger partial charge is 0.195 e. The van der Waals surface area contributed by atoms with Crippen molar-refractivity contribution < 1.29 is 17.9 Å². The summed E-state index contributed by atoms with van der Waals surface area (Å²) in [6, 6.07) is 13.7. The SMILES string of the molecule is CN=C(NCCS(=O)(=O)c1ccccc1)Nc1ccc(OC)c(OC)c1.I. The standard InChI is InChI=1S/C18H23N3O4S.HI/c1-19-18(21-14-9-10-16(24-2)17(13-14)25-3)20-11-12-26(22,23)15-7-5-4-6-8-15;/h4-10,13H,11-12H2,1-3H3,(H2,19,20,21);1H. The summed E-state index contributed by atoms with van der Waals surface area (Å²) in [5.41, 5.74) is 0.738. The number of methoxy groups -OCH3 is 2. The van der Waals surface area contributed by atoms with Gasteiger partial charge in [-0.15, -0.1) is 24.0 Å². The molecule has 0 radical (unpaired) electrons. The van der Waals surface area contributed by atoms with Gasteiger partial charge in [0.25, 0.3) is 0 Å². The van der Waals surface area contributed by atoms with Crippen molar-refractivity contribution in [2.75, 3.05) is 38.9 Å². The quantitative estimate of drug-likeness (QED) is 0.342. The number of rotatable bonds is 7. The van der Waals surface area contributed by atoms with Gasteiger partial charge in [-0.2, -0.15) is 0 Å². The molecule has 2 rings (SSSR count). The van der Waals surface area contributed by atoms with Crippen LogP contribution in [-0.2, 0) is 9.84 Å². The molecule has 7 nitrogen and oxygen atoms in total. The Morgan fingerprint density at radius 3 is 2.30 bits per heavy atom. The molecule has 148 valence electrons. The zero-order chi connectivity index (χ0) is 19.0. The van der Waals surface area contributed by atoms with Gasteiger partial charge in [-0.05, 0) is 24.3 Å². The number of hydrogen-bond acceptors (Lipinski definition) is 5. The highest BCUT2D eigenvalue weighted by Gasteiger charge is 2.14. The van der Waals surface area contributed by atoms with E-state index in [1.807, 2.05) is 6.07 Å². The lowest BCUT2D eigenvalue weighted by Crippen LogP contribution is -2.34. The summed E-state index contributed by atoms with van der Waals surface area (Å²) >= 11 is 0. The van der Waals surface area contributed by atoms with Crippen molar-refractivity contribution in [1.82, 2.24) is 5.32 Å². The molecule has 0 aliphatic carbocycles. The summed E-state index contributed by atoms with van der Waals surface area (Å²) in [7, 11) is 1.40. The fraction of sp³-hybridized carbons (Fsp3) is 0.278. The molecule has 0 amide bonds. The molecule has 2 aromatic rings. The second-order valence-electron chi connectivity index (χ2n) is 5.33. The molecule has 2 N–H and O–H groups in total. The van der Waals surface area contributed by atoms with E-state index in [1.165, 1.54) is 0 Å². The van der Waals surface area contributed by atoms with Gasteiger partial charge in [-0.3, -0.25) is 4.99 Å². The third-order valence-corrected chi connectivity index (χ3v) is 5.37. The van der Waals surface area contributed by atoms with E-state index in [9.17, 15) is 8.42 Å². The highest BCUT2D eigenvalue weighted by Crippen LogP contribution is 2.29. The summed E-state index contributed by atoms with van der Waals surface area (Å²) < 4.78 is 35.0. The largest absolute Gasteiger partial charge is 0.493 e. The molecular formula is C18H24IN3O4S. The van der Waals surface area contributed by atoms with Gasteiger partial charge < -0.3 is 20.1 Å². The predicted octanol–water partition coefficient (Wildman–Crippen LogP) is 2.78. The predicted molar refractivity (Wildman–Crippen MR) is 118 cm³/mol. The molecule has 0 heterocycles. The number of nitrogens with zero attached hydrogens (tertiary/aromatic N) is 1. The van der Waals surface area contributed by atoms with Crippen molar-refractivity contribution in [3.8, 4) is 11.5 Å². The number of anilines is 1. The second kappa shape index (κ2) is 11.0. The lowest BCUT2D eigenvalue weighted by molar-refractivity contribution is 0.355.